The van der Waals surface area contributed by atoms with Crippen LogP contribution in [0.4, 0.5) is 0 Å². The van der Waals surface area contributed by atoms with Crippen molar-refractivity contribution in [1.82, 2.24) is 15.8 Å². The van der Waals surface area contributed by atoms with Gasteiger partial charge in [-0.15, -0.1) is 0 Å². The van der Waals surface area contributed by atoms with Crippen LogP contribution in [0.3, 0.4) is 0 Å². The zero-order chi connectivity index (χ0) is 11.1. The Morgan fingerprint density at radius 1 is 1.20 bits per heavy atom. The third kappa shape index (κ3) is 4.75. The SMILES string of the molecule is CCC(=O)NNC(=O)CN1CCOCC1. The summed E-state index contributed by atoms with van der Waals surface area (Å²) in [4.78, 5) is 24.2. The van der Waals surface area contributed by atoms with Gasteiger partial charge in [-0.05, 0) is 0 Å². The molecule has 0 aliphatic carbocycles. The van der Waals surface area contributed by atoms with Gasteiger partial charge < -0.3 is 4.74 Å². The minimum Gasteiger partial charge on any atom is -0.379 e. The molecule has 0 bridgehead atoms. The van der Waals surface area contributed by atoms with Crippen LogP contribution in [0, 0.1) is 0 Å². The third-order valence-electron chi connectivity index (χ3n) is 2.13. The number of ether oxygens (including phenoxy) is 1. The molecule has 86 valence electrons. The molecule has 2 N–H and O–H groups in total. The number of hydrogen-bond donors (Lipinski definition) is 2. The molecule has 1 rings (SSSR count). The maximum absolute atomic E-state index is 11.3. The van der Waals surface area contributed by atoms with Crippen LogP contribution < -0.4 is 10.9 Å². The fraction of sp³-hybridized carbons (Fsp3) is 0.778. The van der Waals surface area contributed by atoms with Gasteiger partial charge in [0, 0.05) is 19.5 Å². The summed E-state index contributed by atoms with van der Waals surface area (Å²) in [6, 6.07) is 0. The topological polar surface area (TPSA) is 70.7 Å². The molecule has 0 unspecified atom stereocenters. The Balaban J connectivity index is 2.14. The first-order chi connectivity index (χ1) is 7.22. The first kappa shape index (κ1) is 11.9. The maximum Gasteiger partial charge on any atom is 0.252 e. The summed E-state index contributed by atoms with van der Waals surface area (Å²) < 4.78 is 5.15. The maximum atomic E-state index is 11.3. The molecule has 1 aliphatic rings. The van der Waals surface area contributed by atoms with Gasteiger partial charge in [0.05, 0.1) is 19.8 Å². The molecule has 1 saturated heterocycles. The fourth-order valence-corrected chi connectivity index (χ4v) is 1.23. The van der Waals surface area contributed by atoms with E-state index < -0.39 is 0 Å². The minimum absolute atomic E-state index is 0.190. The predicted molar refractivity (Wildman–Crippen MR) is 53.8 cm³/mol. The fourth-order valence-electron chi connectivity index (χ4n) is 1.23. The van der Waals surface area contributed by atoms with Crippen molar-refractivity contribution < 1.29 is 14.3 Å². The Hall–Kier alpha value is -1.14. The van der Waals surface area contributed by atoms with Gasteiger partial charge in [0.1, 0.15) is 0 Å². The van der Waals surface area contributed by atoms with Crippen molar-refractivity contribution in [2.45, 2.75) is 13.3 Å². The van der Waals surface area contributed by atoms with Gasteiger partial charge in [-0.3, -0.25) is 25.3 Å². The van der Waals surface area contributed by atoms with Crippen molar-refractivity contribution in [3.63, 3.8) is 0 Å². The molecule has 2 amide bonds. The van der Waals surface area contributed by atoms with E-state index in [1.807, 2.05) is 4.90 Å². The van der Waals surface area contributed by atoms with Crippen molar-refractivity contribution in [3.05, 3.63) is 0 Å². The van der Waals surface area contributed by atoms with E-state index >= 15 is 0 Å². The van der Waals surface area contributed by atoms with Crippen LogP contribution in [0.1, 0.15) is 13.3 Å². The average Bonchev–Trinajstić information content (AvgIpc) is 2.27. The van der Waals surface area contributed by atoms with Gasteiger partial charge in [0.2, 0.25) is 5.91 Å². The van der Waals surface area contributed by atoms with Crippen molar-refractivity contribution in [2.75, 3.05) is 32.8 Å². The van der Waals surface area contributed by atoms with Gasteiger partial charge >= 0.3 is 0 Å². The summed E-state index contributed by atoms with van der Waals surface area (Å²) >= 11 is 0. The summed E-state index contributed by atoms with van der Waals surface area (Å²) in [6.45, 7) is 4.87. The lowest BCUT2D eigenvalue weighted by Crippen LogP contribution is -2.48. The molecule has 0 spiro atoms. The summed E-state index contributed by atoms with van der Waals surface area (Å²) in [6.07, 6.45) is 0.359. The number of morpholine rings is 1. The highest BCUT2D eigenvalue weighted by Gasteiger charge is 2.13. The predicted octanol–water partition coefficient (Wildman–Crippen LogP) is -1.12. The van der Waals surface area contributed by atoms with E-state index in [0.717, 1.165) is 13.1 Å². The summed E-state index contributed by atoms with van der Waals surface area (Å²) in [7, 11) is 0. The molecular weight excluding hydrogens is 198 g/mol. The molecule has 1 fully saturated rings. The first-order valence-electron chi connectivity index (χ1n) is 5.10. The van der Waals surface area contributed by atoms with Crippen LogP contribution >= 0.6 is 0 Å². The van der Waals surface area contributed by atoms with Crippen LogP contribution in [0.5, 0.6) is 0 Å². The molecule has 15 heavy (non-hydrogen) atoms. The van der Waals surface area contributed by atoms with E-state index in [1.165, 1.54) is 0 Å². The first-order valence-corrected chi connectivity index (χ1v) is 5.10. The van der Waals surface area contributed by atoms with Crippen molar-refractivity contribution in [1.29, 1.82) is 0 Å². The number of hydrazine groups is 1. The second kappa shape index (κ2) is 6.36. The molecule has 6 nitrogen and oxygen atoms in total. The Kier molecular flexibility index (Phi) is 5.06. The van der Waals surface area contributed by atoms with E-state index in [1.54, 1.807) is 6.92 Å². The van der Waals surface area contributed by atoms with E-state index in [9.17, 15) is 9.59 Å². The van der Waals surface area contributed by atoms with E-state index in [2.05, 4.69) is 10.9 Å². The minimum atomic E-state index is -0.196. The standard InChI is InChI=1S/C9H17N3O3/c1-2-8(13)10-11-9(14)7-12-3-5-15-6-4-12/h2-7H2,1H3,(H,10,13)(H,11,14). The Labute approximate surface area is 88.9 Å². The molecule has 1 aliphatic heterocycles. The van der Waals surface area contributed by atoms with Crippen molar-refractivity contribution >= 4 is 11.8 Å². The van der Waals surface area contributed by atoms with Crippen LogP contribution in [0.15, 0.2) is 0 Å². The van der Waals surface area contributed by atoms with E-state index in [-0.39, 0.29) is 11.8 Å². The smallest absolute Gasteiger partial charge is 0.252 e. The summed E-state index contributed by atoms with van der Waals surface area (Å²) in [5.41, 5.74) is 4.68. The highest BCUT2D eigenvalue weighted by Crippen LogP contribution is 1.94. The van der Waals surface area contributed by atoms with Gasteiger partial charge in [-0.25, -0.2) is 0 Å². The molecule has 0 atom stereocenters. The molecule has 1 heterocycles. The van der Waals surface area contributed by atoms with Crippen LogP contribution in [0.2, 0.25) is 0 Å². The zero-order valence-corrected chi connectivity index (χ0v) is 8.91. The van der Waals surface area contributed by atoms with Gasteiger partial charge in [-0.1, -0.05) is 6.92 Å². The highest BCUT2D eigenvalue weighted by molar-refractivity contribution is 5.82. The lowest BCUT2D eigenvalue weighted by molar-refractivity contribution is -0.129. The number of hydrogen-bond acceptors (Lipinski definition) is 4. The number of nitrogens with one attached hydrogen (secondary N) is 2. The Bertz CT molecular complexity index is 227. The lowest BCUT2D eigenvalue weighted by atomic mass is 10.4. The van der Waals surface area contributed by atoms with Crippen LogP contribution in [-0.2, 0) is 14.3 Å². The Morgan fingerprint density at radius 2 is 1.80 bits per heavy atom. The number of carbonyl (C=O) groups is 2. The molecule has 6 heteroatoms. The van der Waals surface area contributed by atoms with Crippen molar-refractivity contribution in [3.8, 4) is 0 Å². The van der Waals surface area contributed by atoms with E-state index in [0.29, 0.717) is 26.2 Å². The summed E-state index contributed by atoms with van der Waals surface area (Å²) in [5.74, 6) is -0.385. The van der Waals surface area contributed by atoms with Gasteiger partial charge in [0.15, 0.2) is 0 Å². The molecule has 0 aromatic carbocycles. The zero-order valence-electron chi connectivity index (χ0n) is 8.91. The number of nitrogens with zero attached hydrogens (tertiary/aromatic N) is 1. The highest BCUT2D eigenvalue weighted by atomic mass is 16.5. The molecule has 0 aromatic heterocycles. The lowest BCUT2D eigenvalue weighted by Gasteiger charge is -2.25. The Morgan fingerprint density at radius 3 is 2.40 bits per heavy atom. The second-order valence-corrected chi connectivity index (χ2v) is 3.34. The third-order valence-corrected chi connectivity index (χ3v) is 2.13. The number of rotatable bonds is 3. The van der Waals surface area contributed by atoms with Gasteiger partial charge in [-0.2, -0.15) is 0 Å². The second-order valence-electron chi connectivity index (χ2n) is 3.34. The van der Waals surface area contributed by atoms with Crippen LogP contribution in [-0.4, -0.2) is 49.6 Å². The quantitative estimate of drug-likeness (QED) is 0.585. The molecule has 0 radical (unpaired) electrons. The largest absolute Gasteiger partial charge is 0.379 e. The monoisotopic (exact) mass is 215 g/mol. The number of carbonyl (C=O) groups excluding carboxylic acids is 2. The molecule has 0 aromatic rings. The normalized spacial score (nSPS) is 17.1. The van der Waals surface area contributed by atoms with Crippen molar-refractivity contribution in [2.24, 2.45) is 0 Å². The summed E-state index contributed by atoms with van der Waals surface area (Å²) in [5, 5.41) is 0. The van der Waals surface area contributed by atoms with E-state index in [4.69, 9.17) is 4.74 Å². The molecule has 0 saturated carbocycles. The van der Waals surface area contributed by atoms with Crippen LogP contribution in [0.25, 0.3) is 0 Å². The van der Waals surface area contributed by atoms with Gasteiger partial charge in [0.25, 0.3) is 5.91 Å². The average molecular weight is 215 g/mol. The molecular formula is C9H17N3O3. The number of amides is 2.